The average Bonchev–Trinajstić information content (AvgIpc) is 2.27. The lowest BCUT2D eigenvalue weighted by Gasteiger charge is -2.40. The third-order valence-corrected chi connectivity index (χ3v) is 3.18. The van der Waals surface area contributed by atoms with Crippen LogP contribution in [0.15, 0.2) is 30.3 Å². The second-order valence-corrected chi connectivity index (χ2v) is 5.82. The molecule has 19 heavy (non-hydrogen) atoms. The first kappa shape index (κ1) is 15.5. The molecule has 106 valence electrons. The van der Waals surface area contributed by atoms with Crippen LogP contribution >= 0.6 is 0 Å². The number of carbonyl (C=O) groups is 1. The summed E-state index contributed by atoms with van der Waals surface area (Å²) >= 11 is 0. The summed E-state index contributed by atoms with van der Waals surface area (Å²) in [6, 6.07) is 9.13. The number of aliphatic hydroxyl groups is 1. The van der Waals surface area contributed by atoms with E-state index in [1.165, 1.54) is 4.90 Å². The number of benzene rings is 1. The molecule has 0 aliphatic carbocycles. The van der Waals surface area contributed by atoms with Crippen molar-refractivity contribution in [2.45, 2.75) is 51.8 Å². The monoisotopic (exact) mass is 265 g/mol. The Hall–Kier alpha value is -1.55. The zero-order chi connectivity index (χ0) is 14.6. The van der Waals surface area contributed by atoms with Gasteiger partial charge in [0.15, 0.2) is 0 Å². The van der Waals surface area contributed by atoms with Crippen molar-refractivity contribution in [3.05, 3.63) is 35.9 Å². The molecule has 0 heterocycles. The van der Waals surface area contributed by atoms with Crippen LogP contribution in [0.1, 0.15) is 33.3 Å². The van der Waals surface area contributed by atoms with Crippen molar-refractivity contribution in [3.8, 4) is 0 Å². The number of rotatable bonds is 4. The van der Waals surface area contributed by atoms with Crippen molar-refractivity contribution in [2.75, 3.05) is 0 Å². The van der Waals surface area contributed by atoms with Crippen molar-refractivity contribution in [2.24, 2.45) is 0 Å². The molecule has 0 radical (unpaired) electrons. The van der Waals surface area contributed by atoms with Crippen LogP contribution in [-0.4, -0.2) is 38.9 Å². The minimum atomic E-state index is -1.01. The Morgan fingerprint density at radius 2 is 1.79 bits per heavy atom. The number of nitrogens with zero attached hydrogens (tertiary/aromatic N) is 1. The molecule has 0 bridgehead atoms. The molecule has 1 aromatic rings. The first-order valence-corrected chi connectivity index (χ1v) is 6.47. The van der Waals surface area contributed by atoms with Crippen LogP contribution in [0.25, 0.3) is 0 Å². The highest BCUT2D eigenvalue weighted by atomic mass is 16.4. The number of hydrogen-bond acceptors (Lipinski definition) is 2. The molecule has 1 aromatic carbocycles. The lowest BCUT2D eigenvalue weighted by Crippen LogP contribution is -2.54. The Labute approximate surface area is 114 Å². The highest BCUT2D eigenvalue weighted by molar-refractivity contribution is 5.66. The predicted molar refractivity (Wildman–Crippen MR) is 75.2 cm³/mol. The molecule has 4 nitrogen and oxygen atoms in total. The molecule has 2 atom stereocenters. The SMILES string of the molecule is C[C@@H]([C@H](O)Cc1ccccc1)N(C(=O)O)C(C)(C)C. The quantitative estimate of drug-likeness (QED) is 0.880. The summed E-state index contributed by atoms with van der Waals surface area (Å²) in [4.78, 5) is 12.7. The first-order chi connectivity index (χ1) is 8.73. The molecule has 0 aliphatic rings. The standard InChI is InChI=1S/C15H23NO3/c1-11(16(14(18)19)15(2,3)4)13(17)10-12-8-6-5-7-9-12/h5-9,11,13,17H,10H2,1-4H3,(H,18,19)/t11-,13+/m0/s1. The van der Waals surface area contributed by atoms with Gasteiger partial charge in [-0.2, -0.15) is 0 Å². The van der Waals surface area contributed by atoms with Gasteiger partial charge in [-0.1, -0.05) is 30.3 Å². The van der Waals surface area contributed by atoms with Crippen molar-refractivity contribution >= 4 is 6.09 Å². The summed E-state index contributed by atoms with van der Waals surface area (Å²) in [5.74, 6) is 0. The van der Waals surface area contributed by atoms with E-state index in [1.807, 2.05) is 51.1 Å². The second kappa shape index (κ2) is 6.06. The number of hydrogen-bond donors (Lipinski definition) is 2. The fourth-order valence-corrected chi connectivity index (χ4v) is 2.27. The number of amides is 1. The van der Waals surface area contributed by atoms with E-state index in [9.17, 15) is 15.0 Å². The first-order valence-electron chi connectivity index (χ1n) is 6.47. The third kappa shape index (κ3) is 4.24. The fraction of sp³-hybridized carbons (Fsp3) is 0.533. The number of carboxylic acid groups (broad SMARTS) is 1. The lowest BCUT2D eigenvalue weighted by molar-refractivity contribution is 0.0152. The molecule has 4 heteroatoms. The Kier molecular flexibility index (Phi) is 4.95. The summed E-state index contributed by atoms with van der Waals surface area (Å²) in [6.45, 7) is 7.22. The van der Waals surface area contributed by atoms with Gasteiger partial charge < -0.3 is 10.2 Å². The van der Waals surface area contributed by atoms with Gasteiger partial charge in [0.25, 0.3) is 0 Å². The molecule has 0 saturated carbocycles. The largest absolute Gasteiger partial charge is 0.465 e. The van der Waals surface area contributed by atoms with Crippen LogP contribution in [0.3, 0.4) is 0 Å². The van der Waals surface area contributed by atoms with Crippen molar-refractivity contribution in [3.63, 3.8) is 0 Å². The van der Waals surface area contributed by atoms with Gasteiger partial charge in [0.2, 0.25) is 0 Å². The van der Waals surface area contributed by atoms with Crippen LogP contribution in [0, 0.1) is 0 Å². The molecule has 1 amide bonds. The lowest BCUT2D eigenvalue weighted by atomic mass is 9.97. The van der Waals surface area contributed by atoms with Gasteiger partial charge >= 0.3 is 6.09 Å². The van der Waals surface area contributed by atoms with Gasteiger partial charge in [0, 0.05) is 12.0 Å². The molecule has 0 saturated heterocycles. The molecule has 2 N–H and O–H groups in total. The highest BCUT2D eigenvalue weighted by Crippen LogP contribution is 2.20. The average molecular weight is 265 g/mol. The van der Waals surface area contributed by atoms with Gasteiger partial charge in [-0.15, -0.1) is 0 Å². The maximum Gasteiger partial charge on any atom is 0.408 e. The summed E-state index contributed by atoms with van der Waals surface area (Å²) in [5.41, 5.74) is 0.462. The normalized spacial score (nSPS) is 14.8. The molecular weight excluding hydrogens is 242 g/mol. The van der Waals surface area contributed by atoms with E-state index in [4.69, 9.17) is 0 Å². The Morgan fingerprint density at radius 3 is 2.21 bits per heavy atom. The Bertz CT molecular complexity index is 411. The predicted octanol–water partition coefficient (Wildman–Crippen LogP) is 2.76. The molecule has 0 spiro atoms. The van der Waals surface area contributed by atoms with E-state index >= 15 is 0 Å². The Balaban J connectivity index is 2.80. The molecule has 0 fully saturated rings. The minimum Gasteiger partial charge on any atom is -0.465 e. The Morgan fingerprint density at radius 1 is 1.26 bits per heavy atom. The van der Waals surface area contributed by atoms with Crippen molar-refractivity contribution < 1.29 is 15.0 Å². The summed E-state index contributed by atoms with van der Waals surface area (Å²) in [5, 5.41) is 19.6. The van der Waals surface area contributed by atoms with Gasteiger partial charge in [0.05, 0.1) is 12.1 Å². The van der Waals surface area contributed by atoms with Crippen LogP contribution in [0.5, 0.6) is 0 Å². The van der Waals surface area contributed by atoms with Crippen molar-refractivity contribution in [1.82, 2.24) is 4.90 Å². The fourth-order valence-electron chi connectivity index (χ4n) is 2.27. The van der Waals surface area contributed by atoms with Gasteiger partial charge in [-0.25, -0.2) is 4.79 Å². The van der Waals surface area contributed by atoms with Crippen LogP contribution in [0.2, 0.25) is 0 Å². The molecule has 0 aromatic heterocycles. The maximum atomic E-state index is 11.4. The molecule has 0 unspecified atom stereocenters. The van der Waals surface area contributed by atoms with Crippen LogP contribution in [0.4, 0.5) is 4.79 Å². The number of aliphatic hydroxyl groups excluding tert-OH is 1. The van der Waals surface area contributed by atoms with Crippen LogP contribution in [-0.2, 0) is 6.42 Å². The smallest absolute Gasteiger partial charge is 0.408 e. The topological polar surface area (TPSA) is 60.8 Å². The zero-order valence-electron chi connectivity index (χ0n) is 12.0. The summed E-state index contributed by atoms with van der Waals surface area (Å²) < 4.78 is 0. The summed E-state index contributed by atoms with van der Waals surface area (Å²) in [7, 11) is 0. The second-order valence-electron chi connectivity index (χ2n) is 5.82. The molecule has 0 aliphatic heterocycles. The third-order valence-electron chi connectivity index (χ3n) is 3.18. The van der Waals surface area contributed by atoms with E-state index in [1.54, 1.807) is 6.92 Å². The maximum absolute atomic E-state index is 11.4. The molecular formula is C15H23NO3. The van der Waals surface area contributed by atoms with Crippen molar-refractivity contribution in [1.29, 1.82) is 0 Å². The minimum absolute atomic E-state index is 0.446. The highest BCUT2D eigenvalue weighted by Gasteiger charge is 2.34. The zero-order valence-corrected chi connectivity index (χ0v) is 12.0. The van der Waals surface area contributed by atoms with E-state index in [-0.39, 0.29) is 0 Å². The van der Waals surface area contributed by atoms with E-state index in [0.29, 0.717) is 6.42 Å². The van der Waals surface area contributed by atoms with E-state index in [2.05, 4.69) is 0 Å². The van der Waals surface area contributed by atoms with Gasteiger partial charge in [0.1, 0.15) is 0 Å². The van der Waals surface area contributed by atoms with E-state index < -0.39 is 23.8 Å². The van der Waals surface area contributed by atoms with Crippen LogP contribution < -0.4 is 0 Å². The summed E-state index contributed by atoms with van der Waals surface area (Å²) in [6.07, 6.45) is -1.29. The van der Waals surface area contributed by atoms with E-state index in [0.717, 1.165) is 5.56 Å². The molecule has 1 rings (SSSR count). The van der Waals surface area contributed by atoms with Gasteiger partial charge in [-0.3, -0.25) is 4.90 Å². The van der Waals surface area contributed by atoms with Gasteiger partial charge in [-0.05, 0) is 33.3 Å².